The van der Waals surface area contributed by atoms with Crippen LogP contribution in [0.4, 0.5) is 0 Å². The van der Waals surface area contributed by atoms with Gasteiger partial charge in [0.15, 0.2) is 0 Å². The van der Waals surface area contributed by atoms with Crippen LogP contribution in [-0.2, 0) is 6.42 Å². The van der Waals surface area contributed by atoms with E-state index in [9.17, 15) is 0 Å². The Labute approximate surface area is 199 Å². The summed E-state index contributed by atoms with van der Waals surface area (Å²) < 4.78 is 0. The normalized spacial score (nSPS) is 9.22. The van der Waals surface area contributed by atoms with Crippen LogP contribution in [0.25, 0.3) is 0 Å². The molecule has 0 aliphatic heterocycles. The number of hydrogen-bond donors (Lipinski definition) is 0. The van der Waals surface area contributed by atoms with Gasteiger partial charge in [-0.15, -0.1) is 0 Å². The average Bonchev–Trinajstić information content (AvgIpc) is 2.83. The van der Waals surface area contributed by atoms with Crippen molar-refractivity contribution in [3.8, 4) is 0 Å². The van der Waals surface area contributed by atoms with E-state index in [2.05, 4.69) is 128 Å². The lowest BCUT2D eigenvalue weighted by Crippen LogP contribution is -1.76. The fourth-order valence-electron chi connectivity index (χ4n) is 2.62. The number of benzene rings is 3. The molecule has 0 spiro atoms. The summed E-state index contributed by atoms with van der Waals surface area (Å²) >= 11 is 0. The number of unbranched alkanes of at least 4 members (excludes halogenated alkanes) is 1. The highest BCUT2D eigenvalue weighted by molar-refractivity contribution is 5.23. The summed E-state index contributed by atoms with van der Waals surface area (Å²) in [6, 6.07) is 27.3. The van der Waals surface area contributed by atoms with Gasteiger partial charge in [-0.1, -0.05) is 129 Å². The molecule has 0 amide bonds. The first-order chi connectivity index (χ1) is 15.3. The van der Waals surface area contributed by atoms with Gasteiger partial charge in [0.2, 0.25) is 0 Å². The van der Waals surface area contributed by atoms with Crippen LogP contribution in [-0.4, -0.2) is 0 Å². The zero-order valence-electron chi connectivity index (χ0n) is 21.7. The van der Waals surface area contributed by atoms with Gasteiger partial charge in [0.05, 0.1) is 0 Å². The van der Waals surface area contributed by atoms with E-state index < -0.39 is 0 Å². The molecule has 0 saturated carbocycles. The van der Waals surface area contributed by atoms with Gasteiger partial charge in [0.25, 0.3) is 0 Å². The highest BCUT2D eigenvalue weighted by atomic mass is 13.9. The molecule has 0 atom stereocenters. The quantitative estimate of drug-likeness (QED) is 0.353. The minimum Gasteiger partial charge on any atom is -0.0999 e. The Bertz CT molecular complexity index is 783. The van der Waals surface area contributed by atoms with Gasteiger partial charge in [-0.05, 0) is 70.1 Å². The number of hydrogen-bond acceptors (Lipinski definition) is 0. The first-order valence-electron chi connectivity index (χ1n) is 12.1. The molecule has 0 unspecified atom stereocenters. The van der Waals surface area contributed by atoms with Crippen LogP contribution in [0.5, 0.6) is 0 Å². The summed E-state index contributed by atoms with van der Waals surface area (Å²) in [6.07, 6.45) is 6.12. The average molecular weight is 431 g/mol. The van der Waals surface area contributed by atoms with Crippen molar-refractivity contribution in [2.24, 2.45) is 0 Å². The number of rotatable bonds is 5. The molecule has 0 fully saturated rings. The molecule has 174 valence electrons. The second kappa shape index (κ2) is 19.1. The van der Waals surface area contributed by atoms with E-state index in [-0.39, 0.29) is 0 Å². The van der Waals surface area contributed by atoms with Crippen molar-refractivity contribution in [1.29, 1.82) is 0 Å². The van der Waals surface area contributed by atoms with Crippen LogP contribution in [0, 0.1) is 27.7 Å². The molecule has 3 aromatic rings. The molecule has 0 N–H and O–H groups in total. The maximum absolute atomic E-state index is 3.91. The Morgan fingerprint density at radius 3 is 1.38 bits per heavy atom. The van der Waals surface area contributed by atoms with E-state index in [4.69, 9.17) is 0 Å². The zero-order chi connectivity index (χ0) is 24.2. The SMILES string of the molecule is C=C(CC)CCCC.CCc1ccccc1.Cc1ccc(C)cc1.Cc1ccccc1C. The van der Waals surface area contributed by atoms with Crippen molar-refractivity contribution in [1.82, 2.24) is 0 Å². The summed E-state index contributed by atoms with van der Waals surface area (Å²) in [5.41, 5.74) is 8.20. The maximum atomic E-state index is 3.91. The lowest BCUT2D eigenvalue weighted by atomic mass is 10.1. The molecule has 0 radical (unpaired) electrons. The van der Waals surface area contributed by atoms with Gasteiger partial charge in [-0.3, -0.25) is 0 Å². The second-order valence-electron chi connectivity index (χ2n) is 8.29. The Balaban J connectivity index is 0.000000400. The van der Waals surface area contributed by atoms with Crippen molar-refractivity contribution in [2.75, 3.05) is 0 Å². The van der Waals surface area contributed by atoms with Gasteiger partial charge >= 0.3 is 0 Å². The third-order valence-electron chi connectivity index (χ3n) is 5.28. The molecule has 0 aromatic heterocycles. The van der Waals surface area contributed by atoms with Crippen molar-refractivity contribution in [3.63, 3.8) is 0 Å². The van der Waals surface area contributed by atoms with E-state index >= 15 is 0 Å². The van der Waals surface area contributed by atoms with Crippen LogP contribution in [0.15, 0.2) is 91.0 Å². The molecular formula is C32H46. The molecule has 0 aliphatic carbocycles. The number of aryl methyl sites for hydroxylation is 5. The fourth-order valence-corrected chi connectivity index (χ4v) is 2.62. The van der Waals surface area contributed by atoms with Gasteiger partial charge in [0, 0.05) is 0 Å². The number of allylic oxidation sites excluding steroid dienone is 1. The van der Waals surface area contributed by atoms with Crippen LogP contribution in [0.2, 0.25) is 0 Å². The van der Waals surface area contributed by atoms with E-state index in [0.717, 1.165) is 12.8 Å². The lowest BCUT2D eigenvalue weighted by molar-refractivity contribution is 0.769. The minimum atomic E-state index is 1.14. The fraction of sp³-hybridized carbons (Fsp3) is 0.375. The maximum Gasteiger partial charge on any atom is -0.0307 e. The first-order valence-corrected chi connectivity index (χ1v) is 12.1. The van der Waals surface area contributed by atoms with Crippen molar-refractivity contribution >= 4 is 0 Å². The molecule has 0 saturated heterocycles. The first kappa shape index (κ1) is 29.4. The topological polar surface area (TPSA) is 0 Å². The molecule has 3 aromatic carbocycles. The Hall–Kier alpha value is -2.60. The van der Waals surface area contributed by atoms with Crippen LogP contribution < -0.4 is 0 Å². The molecule has 0 nitrogen and oxygen atoms in total. The highest BCUT2D eigenvalue weighted by Crippen LogP contribution is 2.07. The van der Waals surface area contributed by atoms with E-state index in [1.165, 1.54) is 52.7 Å². The third-order valence-corrected chi connectivity index (χ3v) is 5.28. The molecule has 0 aliphatic rings. The zero-order valence-corrected chi connectivity index (χ0v) is 21.7. The molecule has 0 heteroatoms. The van der Waals surface area contributed by atoms with Crippen LogP contribution in [0.1, 0.15) is 74.3 Å². The summed E-state index contributed by atoms with van der Waals surface area (Å²) in [6.45, 7) is 18.9. The standard InChI is InChI=1S/3C8H10.C8H16/c1-7-3-5-8(2)6-4-7;1-7-5-3-4-6-8(7)2;1-2-8-6-4-3-5-7-8;1-4-6-7-8(3)5-2/h2*3-6H,1-2H3;3-7H,2H2,1H3;3-7H2,1-2H3. The van der Waals surface area contributed by atoms with Crippen molar-refractivity contribution in [2.45, 2.75) is 80.6 Å². The van der Waals surface area contributed by atoms with Gasteiger partial charge in [-0.25, -0.2) is 0 Å². The van der Waals surface area contributed by atoms with E-state index in [1.54, 1.807) is 0 Å². The van der Waals surface area contributed by atoms with E-state index in [1.807, 2.05) is 6.07 Å². The van der Waals surface area contributed by atoms with Gasteiger partial charge in [-0.2, -0.15) is 0 Å². The Morgan fingerprint density at radius 2 is 1.06 bits per heavy atom. The summed E-state index contributed by atoms with van der Waals surface area (Å²) in [5, 5.41) is 0. The summed E-state index contributed by atoms with van der Waals surface area (Å²) in [5.74, 6) is 0. The predicted molar refractivity (Wildman–Crippen MR) is 147 cm³/mol. The van der Waals surface area contributed by atoms with Crippen molar-refractivity contribution < 1.29 is 0 Å². The Morgan fingerprint density at radius 1 is 0.625 bits per heavy atom. The largest absolute Gasteiger partial charge is 0.0999 e. The molecular weight excluding hydrogens is 384 g/mol. The summed E-state index contributed by atoms with van der Waals surface area (Å²) in [4.78, 5) is 0. The van der Waals surface area contributed by atoms with Crippen LogP contribution in [0.3, 0.4) is 0 Å². The van der Waals surface area contributed by atoms with Gasteiger partial charge < -0.3 is 0 Å². The summed E-state index contributed by atoms with van der Waals surface area (Å²) in [7, 11) is 0. The minimum absolute atomic E-state index is 1.14. The Kier molecular flexibility index (Phi) is 17.6. The monoisotopic (exact) mass is 430 g/mol. The van der Waals surface area contributed by atoms with E-state index in [0.29, 0.717) is 0 Å². The molecule has 0 bridgehead atoms. The van der Waals surface area contributed by atoms with Gasteiger partial charge in [0.1, 0.15) is 0 Å². The lowest BCUT2D eigenvalue weighted by Gasteiger charge is -1.97. The second-order valence-corrected chi connectivity index (χ2v) is 8.29. The third kappa shape index (κ3) is 16.1. The molecule has 0 heterocycles. The van der Waals surface area contributed by atoms with Crippen LogP contribution >= 0.6 is 0 Å². The smallest absolute Gasteiger partial charge is 0.0307 e. The van der Waals surface area contributed by atoms with Crippen molar-refractivity contribution in [3.05, 3.63) is 119 Å². The molecule has 3 rings (SSSR count). The molecule has 32 heavy (non-hydrogen) atoms. The predicted octanol–water partition coefficient (Wildman–Crippen LogP) is 10.00. The highest BCUT2D eigenvalue weighted by Gasteiger charge is 1.87.